The molecule has 1 saturated carbocycles. The Bertz CT molecular complexity index is 484. The molecular formula is C10H13N3O4. The van der Waals surface area contributed by atoms with Crippen LogP contribution in [0.15, 0.2) is 0 Å². The van der Waals surface area contributed by atoms with Crippen LogP contribution in [0.3, 0.4) is 0 Å². The first kappa shape index (κ1) is 10.5. The van der Waals surface area contributed by atoms with Crippen molar-refractivity contribution >= 4 is 5.69 Å². The number of rotatable bonds is 3. The molecule has 0 atom stereocenters. The van der Waals surface area contributed by atoms with Gasteiger partial charge in [-0.15, -0.1) is 5.10 Å². The number of nitro groups is 1. The van der Waals surface area contributed by atoms with Crippen molar-refractivity contribution in [1.29, 1.82) is 0 Å². The van der Waals surface area contributed by atoms with E-state index in [9.17, 15) is 15.2 Å². The Labute approximate surface area is 97.1 Å². The molecule has 92 valence electrons. The second-order valence-corrected chi connectivity index (χ2v) is 4.94. The molecule has 3 aliphatic rings. The highest BCUT2D eigenvalue weighted by molar-refractivity contribution is 5.44. The number of hydrogen-bond donors (Lipinski definition) is 1. The molecule has 0 spiro atoms. The van der Waals surface area contributed by atoms with Crippen molar-refractivity contribution in [2.24, 2.45) is 5.92 Å². The minimum absolute atomic E-state index is 0.207. The zero-order valence-electron chi connectivity index (χ0n) is 9.42. The number of nitrogens with zero attached hydrogens (tertiary/aromatic N) is 3. The van der Waals surface area contributed by atoms with Gasteiger partial charge < -0.3 is 9.84 Å². The first-order chi connectivity index (χ1) is 8.01. The number of aromatic hydroxyl groups is 1. The van der Waals surface area contributed by atoms with Gasteiger partial charge >= 0.3 is 11.6 Å². The first-order valence-electron chi connectivity index (χ1n) is 5.55. The van der Waals surface area contributed by atoms with Crippen molar-refractivity contribution in [1.82, 2.24) is 9.78 Å². The predicted molar refractivity (Wildman–Crippen MR) is 56.7 cm³/mol. The Hall–Kier alpha value is -1.63. The topological polar surface area (TPSA) is 90.4 Å². The molecule has 2 bridgehead atoms. The van der Waals surface area contributed by atoms with Gasteiger partial charge in [0.15, 0.2) is 0 Å². The van der Waals surface area contributed by atoms with Crippen LogP contribution in [0.25, 0.3) is 0 Å². The molecule has 1 aromatic rings. The molecular weight excluding hydrogens is 226 g/mol. The van der Waals surface area contributed by atoms with Crippen LogP contribution in [0.2, 0.25) is 0 Å². The first-order valence-corrected chi connectivity index (χ1v) is 5.55. The molecule has 0 radical (unpaired) electrons. The second kappa shape index (κ2) is 3.19. The molecule has 0 unspecified atom stereocenters. The highest BCUT2D eigenvalue weighted by Crippen LogP contribution is 2.49. The van der Waals surface area contributed by atoms with Crippen LogP contribution in [-0.2, 0) is 11.3 Å². The fourth-order valence-electron chi connectivity index (χ4n) is 2.86. The predicted octanol–water partition coefficient (Wildman–Crippen LogP) is 0.984. The number of aromatic nitrogens is 2. The van der Waals surface area contributed by atoms with E-state index in [1.165, 1.54) is 4.68 Å². The zero-order chi connectivity index (χ0) is 12.2. The normalized spacial score (nSPS) is 30.3. The minimum atomic E-state index is -0.606. The lowest BCUT2D eigenvalue weighted by molar-refractivity contribution is -0.386. The van der Waals surface area contributed by atoms with E-state index in [0.29, 0.717) is 18.2 Å². The number of hydrogen-bond acceptors (Lipinski definition) is 5. The number of ether oxygens (including phenoxy) is 1. The van der Waals surface area contributed by atoms with E-state index < -0.39 is 10.8 Å². The lowest BCUT2D eigenvalue weighted by Gasteiger charge is -2.35. The van der Waals surface area contributed by atoms with Crippen molar-refractivity contribution < 1.29 is 14.8 Å². The SMILES string of the molecule is Cc1c([N+](=O)[O-])c(O)nn1CC12CC(CO1)C2. The summed E-state index contributed by atoms with van der Waals surface area (Å²) in [5, 5.41) is 24.0. The molecule has 3 heterocycles. The standard InChI is InChI=1S/C10H13N3O4/c1-6-8(13(15)16)9(14)11-12(6)5-10-2-7(3-10)4-17-10/h7H,2-5H2,1H3,(H,11,14). The van der Waals surface area contributed by atoms with Gasteiger partial charge in [0, 0.05) is 0 Å². The van der Waals surface area contributed by atoms with Gasteiger partial charge in [-0.05, 0) is 25.7 Å². The van der Waals surface area contributed by atoms with Crippen LogP contribution in [0, 0.1) is 23.0 Å². The molecule has 2 saturated heterocycles. The van der Waals surface area contributed by atoms with E-state index >= 15 is 0 Å². The lowest BCUT2D eigenvalue weighted by Crippen LogP contribution is -2.41. The monoisotopic (exact) mass is 239 g/mol. The molecule has 0 aromatic carbocycles. The second-order valence-electron chi connectivity index (χ2n) is 4.94. The Morgan fingerprint density at radius 3 is 2.88 bits per heavy atom. The molecule has 7 heteroatoms. The fourth-order valence-corrected chi connectivity index (χ4v) is 2.86. The maximum atomic E-state index is 10.7. The fraction of sp³-hybridized carbons (Fsp3) is 0.700. The van der Waals surface area contributed by atoms with Gasteiger partial charge in [0.25, 0.3) is 0 Å². The van der Waals surface area contributed by atoms with Gasteiger partial charge in [0.1, 0.15) is 5.69 Å². The quantitative estimate of drug-likeness (QED) is 0.627. The molecule has 1 aromatic heterocycles. The average Bonchev–Trinajstić information content (AvgIpc) is 2.80. The van der Waals surface area contributed by atoms with Crippen LogP contribution in [0.5, 0.6) is 5.88 Å². The van der Waals surface area contributed by atoms with Crippen LogP contribution in [0.4, 0.5) is 5.69 Å². The highest BCUT2D eigenvalue weighted by atomic mass is 16.6. The van der Waals surface area contributed by atoms with Gasteiger partial charge in [-0.3, -0.25) is 14.8 Å². The third-order valence-electron chi connectivity index (χ3n) is 3.72. The van der Waals surface area contributed by atoms with E-state index in [1.807, 2.05) is 0 Å². The Balaban J connectivity index is 1.89. The van der Waals surface area contributed by atoms with Gasteiger partial charge in [-0.25, -0.2) is 0 Å². The number of fused-ring (bicyclic) bond motifs is 1. The smallest absolute Gasteiger partial charge is 0.352 e. The maximum absolute atomic E-state index is 10.7. The van der Waals surface area contributed by atoms with E-state index in [4.69, 9.17) is 4.74 Å². The summed E-state index contributed by atoms with van der Waals surface area (Å²) < 4.78 is 7.15. The molecule has 17 heavy (non-hydrogen) atoms. The van der Waals surface area contributed by atoms with Gasteiger partial charge in [-0.2, -0.15) is 0 Å². The summed E-state index contributed by atoms with van der Waals surface area (Å²) in [5.74, 6) is 0.118. The molecule has 4 rings (SSSR count). The van der Waals surface area contributed by atoms with E-state index in [0.717, 1.165) is 19.4 Å². The average molecular weight is 239 g/mol. The molecule has 2 aliphatic heterocycles. The van der Waals surface area contributed by atoms with Crippen LogP contribution in [-0.4, -0.2) is 32.0 Å². The third kappa shape index (κ3) is 1.42. The van der Waals surface area contributed by atoms with E-state index in [2.05, 4.69) is 5.10 Å². The summed E-state index contributed by atoms with van der Waals surface area (Å²) >= 11 is 0. The van der Waals surface area contributed by atoms with Crippen molar-refractivity contribution in [2.75, 3.05) is 6.61 Å². The summed E-state index contributed by atoms with van der Waals surface area (Å²) in [6.07, 6.45) is 1.97. The summed E-state index contributed by atoms with van der Waals surface area (Å²) in [5.41, 5.74) is -0.141. The summed E-state index contributed by atoms with van der Waals surface area (Å²) in [4.78, 5) is 10.1. The van der Waals surface area contributed by atoms with Gasteiger partial charge in [-0.1, -0.05) is 0 Å². The summed E-state index contributed by atoms with van der Waals surface area (Å²) in [6.45, 7) is 2.84. The molecule has 3 fully saturated rings. The Morgan fingerprint density at radius 1 is 1.71 bits per heavy atom. The van der Waals surface area contributed by atoms with Crippen LogP contribution < -0.4 is 0 Å². The summed E-state index contributed by atoms with van der Waals surface area (Å²) in [6, 6.07) is 0. The van der Waals surface area contributed by atoms with Crippen molar-refractivity contribution in [3.05, 3.63) is 15.8 Å². The Kier molecular flexibility index (Phi) is 1.97. The minimum Gasteiger partial charge on any atom is -0.487 e. The largest absolute Gasteiger partial charge is 0.487 e. The van der Waals surface area contributed by atoms with Crippen LogP contribution in [0.1, 0.15) is 18.5 Å². The maximum Gasteiger partial charge on any atom is 0.352 e. The molecule has 0 amide bonds. The van der Waals surface area contributed by atoms with E-state index in [1.54, 1.807) is 6.92 Å². The third-order valence-corrected chi connectivity index (χ3v) is 3.72. The van der Waals surface area contributed by atoms with Gasteiger partial charge in [0.05, 0.1) is 23.7 Å². The van der Waals surface area contributed by atoms with Crippen molar-refractivity contribution in [2.45, 2.75) is 31.9 Å². The Morgan fingerprint density at radius 2 is 2.41 bits per heavy atom. The van der Waals surface area contributed by atoms with Crippen molar-refractivity contribution in [3.63, 3.8) is 0 Å². The highest BCUT2D eigenvalue weighted by Gasteiger charge is 2.52. The van der Waals surface area contributed by atoms with Crippen molar-refractivity contribution in [3.8, 4) is 5.88 Å². The molecule has 1 aliphatic carbocycles. The zero-order valence-corrected chi connectivity index (χ0v) is 9.42. The summed E-state index contributed by atoms with van der Waals surface area (Å²) in [7, 11) is 0. The lowest BCUT2D eigenvalue weighted by atomic mass is 9.74. The van der Waals surface area contributed by atoms with Crippen LogP contribution >= 0.6 is 0 Å². The van der Waals surface area contributed by atoms with E-state index in [-0.39, 0.29) is 11.3 Å². The van der Waals surface area contributed by atoms with Gasteiger partial charge in [0.2, 0.25) is 0 Å². The molecule has 1 N–H and O–H groups in total. The molecule has 7 nitrogen and oxygen atoms in total.